The van der Waals surface area contributed by atoms with E-state index in [1.165, 1.54) is 24.3 Å². The van der Waals surface area contributed by atoms with E-state index in [1.54, 1.807) is 24.3 Å². The molecule has 0 aliphatic carbocycles. The number of rotatable bonds is 6. The number of hydrogen-bond acceptors (Lipinski definition) is 7. The van der Waals surface area contributed by atoms with E-state index in [9.17, 15) is 19.7 Å². The van der Waals surface area contributed by atoms with Crippen molar-refractivity contribution in [3.8, 4) is 5.75 Å². The molecule has 9 heteroatoms. The predicted molar refractivity (Wildman–Crippen MR) is 143 cm³/mol. The number of ether oxygens (including phenoxy) is 1. The van der Waals surface area contributed by atoms with Crippen molar-refractivity contribution in [2.24, 2.45) is 0 Å². The number of nitro groups is 1. The number of amides is 2. The van der Waals surface area contributed by atoms with E-state index in [2.05, 4.69) is 0 Å². The molecule has 0 saturated carbocycles. The van der Waals surface area contributed by atoms with Crippen molar-refractivity contribution in [3.05, 3.63) is 130 Å². The highest BCUT2D eigenvalue weighted by Crippen LogP contribution is 2.57. The van der Waals surface area contributed by atoms with E-state index in [-0.39, 0.29) is 11.4 Å². The Morgan fingerprint density at radius 3 is 2.13 bits per heavy atom. The lowest BCUT2D eigenvalue weighted by atomic mass is 9.69. The molecule has 2 aliphatic heterocycles. The minimum atomic E-state index is -1.49. The van der Waals surface area contributed by atoms with Crippen molar-refractivity contribution in [2.75, 3.05) is 17.1 Å². The van der Waals surface area contributed by atoms with Gasteiger partial charge in [-0.1, -0.05) is 66.7 Å². The fourth-order valence-corrected chi connectivity index (χ4v) is 5.56. The van der Waals surface area contributed by atoms with E-state index in [0.717, 1.165) is 10.5 Å². The van der Waals surface area contributed by atoms with Crippen molar-refractivity contribution in [2.45, 2.75) is 17.6 Å². The minimum Gasteiger partial charge on any atom is -0.497 e. The van der Waals surface area contributed by atoms with Crippen molar-refractivity contribution in [1.82, 2.24) is 0 Å². The monoisotopic (exact) mass is 521 g/mol. The van der Waals surface area contributed by atoms with Gasteiger partial charge in [-0.15, -0.1) is 0 Å². The number of carbonyl (C=O) groups excluding carboxylic acids is 2. The summed E-state index contributed by atoms with van der Waals surface area (Å²) in [5, 5.41) is 13.1. The molecule has 2 heterocycles. The second kappa shape index (κ2) is 9.38. The van der Waals surface area contributed by atoms with Crippen LogP contribution in [0.3, 0.4) is 0 Å². The zero-order chi connectivity index (χ0) is 27.1. The lowest BCUT2D eigenvalue weighted by Crippen LogP contribution is -2.46. The van der Waals surface area contributed by atoms with Crippen LogP contribution in [0.5, 0.6) is 5.75 Å². The van der Waals surface area contributed by atoms with Crippen LogP contribution in [0.15, 0.2) is 109 Å². The molecule has 9 nitrogen and oxygen atoms in total. The van der Waals surface area contributed by atoms with Crippen LogP contribution in [0.25, 0.3) is 0 Å². The summed E-state index contributed by atoms with van der Waals surface area (Å²) in [5.41, 5.74) is 0.400. The Kier molecular flexibility index (Phi) is 5.85. The third kappa shape index (κ3) is 3.66. The number of nitrogens with zero attached hydrogens (tertiary/aromatic N) is 3. The summed E-state index contributed by atoms with van der Waals surface area (Å²) in [6, 6.07) is 30.4. The molecule has 2 fully saturated rings. The van der Waals surface area contributed by atoms with Crippen LogP contribution in [-0.4, -0.2) is 30.0 Å². The van der Waals surface area contributed by atoms with Gasteiger partial charge >= 0.3 is 0 Å². The zero-order valence-electron chi connectivity index (χ0n) is 20.8. The molecule has 2 saturated heterocycles. The highest BCUT2D eigenvalue weighted by molar-refractivity contribution is 6.28. The van der Waals surface area contributed by atoms with Crippen molar-refractivity contribution in [1.29, 1.82) is 0 Å². The summed E-state index contributed by atoms with van der Waals surface area (Å²) >= 11 is 0. The first kappa shape index (κ1) is 24.3. The van der Waals surface area contributed by atoms with Gasteiger partial charge in [0.2, 0.25) is 5.91 Å². The Labute approximate surface area is 223 Å². The van der Waals surface area contributed by atoms with Gasteiger partial charge in [-0.2, -0.15) is 0 Å². The Morgan fingerprint density at radius 1 is 0.846 bits per heavy atom. The number of methoxy groups -OCH3 is 1. The van der Waals surface area contributed by atoms with Gasteiger partial charge in [-0.3, -0.25) is 24.5 Å². The van der Waals surface area contributed by atoms with E-state index < -0.39 is 34.3 Å². The first-order valence-corrected chi connectivity index (χ1v) is 12.3. The molecule has 0 aromatic heterocycles. The van der Waals surface area contributed by atoms with Crippen molar-refractivity contribution < 1.29 is 24.1 Å². The van der Waals surface area contributed by atoms with Crippen molar-refractivity contribution >= 4 is 28.9 Å². The summed E-state index contributed by atoms with van der Waals surface area (Å²) in [4.78, 5) is 47.1. The fraction of sp³-hybridized carbons (Fsp3) is 0.133. The number of hydrogen-bond donors (Lipinski definition) is 0. The molecule has 4 aromatic rings. The van der Waals surface area contributed by atoms with Gasteiger partial charge in [0.25, 0.3) is 11.6 Å². The third-order valence-corrected chi connectivity index (χ3v) is 7.29. The number of anilines is 2. The molecular formula is C30H23N3O6. The molecule has 0 unspecified atom stereocenters. The molecule has 4 aromatic carbocycles. The molecule has 3 atom stereocenters. The van der Waals surface area contributed by atoms with Crippen LogP contribution in [0, 0.1) is 10.1 Å². The van der Waals surface area contributed by atoms with E-state index in [1.807, 2.05) is 72.8 Å². The Bertz CT molecular complexity index is 1560. The molecule has 2 aliphatic rings. The van der Waals surface area contributed by atoms with Crippen LogP contribution in [0.2, 0.25) is 0 Å². The van der Waals surface area contributed by atoms with Gasteiger partial charge < -0.3 is 4.74 Å². The molecule has 0 spiro atoms. The highest BCUT2D eigenvalue weighted by atomic mass is 16.7. The highest BCUT2D eigenvalue weighted by Gasteiger charge is 2.72. The summed E-state index contributed by atoms with van der Waals surface area (Å²) < 4.78 is 5.35. The molecule has 2 amide bonds. The smallest absolute Gasteiger partial charge is 0.271 e. The predicted octanol–water partition coefficient (Wildman–Crippen LogP) is 4.98. The first-order valence-electron chi connectivity index (χ1n) is 12.3. The largest absolute Gasteiger partial charge is 0.497 e. The van der Waals surface area contributed by atoms with Crippen LogP contribution in [0.1, 0.15) is 17.2 Å². The Balaban J connectivity index is 1.60. The lowest BCUT2D eigenvalue weighted by Gasteiger charge is -2.35. The Morgan fingerprint density at radius 2 is 1.49 bits per heavy atom. The standard InChI is InChI=1S/C30H23N3O6/c1-38-25-17-15-20(16-18-25)26-30(21-9-4-2-5-10-21)27(39-32(26)22-11-6-3-7-12-22)28(34)31(29(30)35)23-13-8-14-24(19-23)33(36)37/h2-19,26-27H,1H3/t26-,27-,30-/m0/s1. The molecule has 0 bridgehead atoms. The SMILES string of the molecule is COc1ccc([C@@H]2N(c3ccccc3)O[C@H]3C(=O)N(c4cccc([N+](=O)[O-])c4)C(=O)[C@@]23c2ccccc2)cc1. The van der Waals surface area contributed by atoms with Gasteiger partial charge in [0, 0.05) is 12.1 Å². The van der Waals surface area contributed by atoms with Gasteiger partial charge in [-0.05, 0) is 41.5 Å². The second-order valence-electron chi connectivity index (χ2n) is 9.31. The zero-order valence-corrected chi connectivity index (χ0v) is 20.8. The normalized spacial score (nSPS) is 22.2. The average Bonchev–Trinajstić information content (AvgIpc) is 3.45. The lowest BCUT2D eigenvalue weighted by molar-refractivity contribution is -0.384. The molecule has 0 N–H and O–H groups in total. The number of fused-ring (bicyclic) bond motifs is 1. The Hall–Kier alpha value is -5.02. The van der Waals surface area contributed by atoms with E-state index >= 15 is 0 Å². The van der Waals surface area contributed by atoms with Crippen LogP contribution in [-0.2, 0) is 19.8 Å². The molecule has 6 rings (SSSR count). The first-order chi connectivity index (χ1) is 19.0. The number of imide groups is 1. The maximum absolute atomic E-state index is 14.7. The molecule has 194 valence electrons. The maximum Gasteiger partial charge on any atom is 0.271 e. The number of hydroxylamine groups is 1. The second-order valence-corrected chi connectivity index (χ2v) is 9.31. The average molecular weight is 522 g/mol. The van der Waals surface area contributed by atoms with Crippen molar-refractivity contribution in [3.63, 3.8) is 0 Å². The summed E-state index contributed by atoms with van der Waals surface area (Å²) in [7, 11) is 1.57. The third-order valence-electron chi connectivity index (χ3n) is 7.29. The van der Waals surface area contributed by atoms with Crippen LogP contribution in [0.4, 0.5) is 17.1 Å². The van der Waals surface area contributed by atoms with Crippen LogP contribution < -0.4 is 14.7 Å². The minimum absolute atomic E-state index is 0.118. The molecule has 0 radical (unpaired) electrons. The van der Waals surface area contributed by atoms with Gasteiger partial charge in [0.1, 0.15) is 17.2 Å². The summed E-state index contributed by atoms with van der Waals surface area (Å²) in [6.45, 7) is 0. The fourth-order valence-electron chi connectivity index (χ4n) is 5.56. The number of carbonyl (C=O) groups is 2. The number of non-ortho nitro benzene ring substituents is 1. The quantitative estimate of drug-likeness (QED) is 0.200. The van der Waals surface area contributed by atoms with E-state index in [4.69, 9.17) is 9.57 Å². The summed E-state index contributed by atoms with van der Waals surface area (Å²) in [5.74, 6) is -0.481. The van der Waals surface area contributed by atoms with Gasteiger partial charge in [0.05, 0.1) is 23.4 Å². The van der Waals surface area contributed by atoms with Gasteiger partial charge in [0.15, 0.2) is 6.10 Å². The summed E-state index contributed by atoms with van der Waals surface area (Å²) in [6.07, 6.45) is -1.22. The number of nitro benzene ring substituents is 1. The van der Waals surface area contributed by atoms with E-state index in [0.29, 0.717) is 17.0 Å². The van der Waals surface area contributed by atoms with Crippen LogP contribution >= 0.6 is 0 Å². The molecule has 39 heavy (non-hydrogen) atoms. The maximum atomic E-state index is 14.7. The molecular weight excluding hydrogens is 498 g/mol. The topological polar surface area (TPSA) is 102 Å². The van der Waals surface area contributed by atoms with Gasteiger partial charge in [-0.25, -0.2) is 9.96 Å². The number of para-hydroxylation sites is 1. The number of benzene rings is 4.